The second kappa shape index (κ2) is 8.61. The molecule has 0 bridgehead atoms. The molecule has 1 saturated heterocycles. The maximum atomic E-state index is 13.2. The van der Waals surface area contributed by atoms with E-state index in [0.717, 1.165) is 33.3 Å². The van der Waals surface area contributed by atoms with Crippen LogP contribution in [0, 0.1) is 13.8 Å². The lowest BCUT2D eigenvalue weighted by atomic mass is 10.1. The molecule has 164 valence electrons. The van der Waals surface area contributed by atoms with Gasteiger partial charge in [0.15, 0.2) is 5.16 Å². The van der Waals surface area contributed by atoms with Crippen molar-refractivity contribution in [1.29, 1.82) is 0 Å². The second-order valence-corrected chi connectivity index (χ2v) is 9.66. The number of hydrogen-bond donors (Lipinski definition) is 0. The number of amides is 2. The van der Waals surface area contributed by atoms with Crippen molar-refractivity contribution < 1.29 is 9.59 Å². The fraction of sp³-hybridized carbons (Fsp3) is 0.154. The maximum absolute atomic E-state index is 13.2. The Balaban J connectivity index is 1.51. The number of benzene rings is 3. The summed E-state index contributed by atoms with van der Waals surface area (Å²) in [5, 5.41) is 1.32. The summed E-state index contributed by atoms with van der Waals surface area (Å²) < 4.78 is 0. The zero-order valence-electron chi connectivity index (χ0n) is 18.1. The molecule has 0 radical (unpaired) electrons. The number of nitrogens with zero attached hydrogens (tertiary/aromatic N) is 3. The monoisotopic (exact) mass is 473 g/mol. The van der Waals surface area contributed by atoms with Crippen LogP contribution in [-0.2, 0) is 9.59 Å². The van der Waals surface area contributed by atoms with Gasteiger partial charge >= 0.3 is 0 Å². The van der Waals surface area contributed by atoms with Crippen LogP contribution in [0.15, 0.2) is 71.9 Å². The molecule has 2 heterocycles. The Morgan fingerprint density at radius 3 is 2.52 bits per heavy atom. The third-order valence-electron chi connectivity index (χ3n) is 5.63. The molecule has 0 unspecified atom stereocenters. The zero-order valence-corrected chi connectivity index (χ0v) is 19.7. The number of rotatable bonds is 4. The number of hydrogen-bond acceptors (Lipinski definition) is 5. The van der Waals surface area contributed by atoms with Crippen molar-refractivity contribution in [3.63, 3.8) is 0 Å². The van der Waals surface area contributed by atoms with Crippen molar-refractivity contribution in [2.24, 2.45) is 0 Å². The van der Waals surface area contributed by atoms with E-state index in [1.807, 2.05) is 74.5 Å². The lowest BCUT2D eigenvalue weighted by Gasteiger charge is -2.17. The van der Waals surface area contributed by atoms with E-state index in [-0.39, 0.29) is 18.2 Å². The van der Waals surface area contributed by atoms with Gasteiger partial charge in [-0.2, -0.15) is 0 Å². The molecule has 1 aliphatic rings. The highest BCUT2D eigenvalue weighted by Crippen LogP contribution is 2.36. The number of halogens is 1. The molecule has 0 aliphatic carbocycles. The summed E-state index contributed by atoms with van der Waals surface area (Å²) in [6.07, 6.45) is 0.111. The van der Waals surface area contributed by atoms with Gasteiger partial charge in [0.2, 0.25) is 11.8 Å². The lowest BCUT2D eigenvalue weighted by Crippen LogP contribution is -2.31. The number of imide groups is 1. The normalized spacial score (nSPS) is 16.1. The fourth-order valence-electron chi connectivity index (χ4n) is 4.08. The van der Waals surface area contributed by atoms with E-state index >= 15 is 0 Å². The van der Waals surface area contributed by atoms with E-state index < -0.39 is 5.25 Å². The van der Waals surface area contributed by atoms with Crippen LogP contribution in [0.3, 0.4) is 0 Å². The number of aryl methyl sites for hydroxylation is 2. The second-order valence-electron chi connectivity index (χ2n) is 8.05. The topological polar surface area (TPSA) is 63.2 Å². The van der Waals surface area contributed by atoms with Crippen LogP contribution < -0.4 is 4.90 Å². The van der Waals surface area contributed by atoms with Crippen molar-refractivity contribution >= 4 is 51.8 Å². The quantitative estimate of drug-likeness (QED) is 0.269. The first-order valence-corrected chi connectivity index (χ1v) is 11.8. The van der Waals surface area contributed by atoms with Gasteiger partial charge in [-0.1, -0.05) is 71.4 Å². The minimum Gasteiger partial charge on any atom is -0.274 e. The molecule has 2 amide bonds. The lowest BCUT2D eigenvalue weighted by molar-refractivity contribution is -0.121. The maximum Gasteiger partial charge on any atom is 0.247 e. The molecule has 1 aromatic heterocycles. The van der Waals surface area contributed by atoms with Gasteiger partial charge in [-0.15, -0.1) is 0 Å². The van der Waals surface area contributed by atoms with E-state index in [2.05, 4.69) is 4.98 Å². The molecule has 1 atom stereocenters. The van der Waals surface area contributed by atoms with Crippen LogP contribution in [0.2, 0.25) is 5.02 Å². The third-order valence-corrected chi connectivity index (χ3v) is 6.91. The van der Waals surface area contributed by atoms with E-state index in [1.165, 1.54) is 16.7 Å². The van der Waals surface area contributed by atoms with Crippen molar-refractivity contribution in [2.45, 2.75) is 30.7 Å². The van der Waals surface area contributed by atoms with Gasteiger partial charge in [0.1, 0.15) is 5.25 Å². The summed E-state index contributed by atoms with van der Waals surface area (Å²) >= 11 is 7.47. The predicted molar refractivity (Wildman–Crippen MR) is 133 cm³/mol. The molecular formula is C26H20ClN3O2S. The largest absolute Gasteiger partial charge is 0.274 e. The molecule has 1 fully saturated rings. The number of carbonyl (C=O) groups is 2. The molecular weight excluding hydrogens is 454 g/mol. The Labute approximate surface area is 200 Å². The number of aromatic nitrogens is 2. The van der Waals surface area contributed by atoms with Crippen LogP contribution in [0.4, 0.5) is 5.69 Å². The third kappa shape index (κ3) is 4.12. The van der Waals surface area contributed by atoms with Crippen LogP contribution in [0.5, 0.6) is 0 Å². The van der Waals surface area contributed by atoms with Gasteiger partial charge in [-0.3, -0.25) is 9.59 Å². The number of thioether (sulfide) groups is 1. The van der Waals surface area contributed by atoms with E-state index in [9.17, 15) is 9.59 Å². The zero-order chi connectivity index (χ0) is 23.1. The molecule has 33 heavy (non-hydrogen) atoms. The highest BCUT2D eigenvalue weighted by atomic mass is 35.5. The summed E-state index contributed by atoms with van der Waals surface area (Å²) in [5.74, 6) is -0.446. The number of fused-ring (bicyclic) bond motifs is 1. The highest BCUT2D eigenvalue weighted by molar-refractivity contribution is 8.00. The van der Waals surface area contributed by atoms with Crippen LogP contribution in [-0.4, -0.2) is 27.0 Å². The van der Waals surface area contributed by atoms with E-state index in [0.29, 0.717) is 15.9 Å². The molecule has 7 heteroatoms. The molecule has 5 rings (SSSR count). The first kappa shape index (κ1) is 21.6. The summed E-state index contributed by atoms with van der Waals surface area (Å²) in [4.78, 5) is 36.8. The molecule has 5 nitrogen and oxygen atoms in total. The Morgan fingerprint density at radius 1 is 0.970 bits per heavy atom. The van der Waals surface area contributed by atoms with Crippen molar-refractivity contribution in [3.8, 4) is 11.3 Å². The minimum absolute atomic E-state index is 0.111. The Kier molecular flexibility index (Phi) is 5.64. The first-order valence-electron chi connectivity index (χ1n) is 10.5. The molecule has 3 aromatic carbocycles. The summed E-state index contributed by atoms with van der Waals surface area (Å²) in [5.41, 5.74) is 5.02. The summed E-state index contributed by atoms with van der Waals surface area (Å²) in [6.45, 7) is 3.89. The standard InChI is InChI=1S/C26H20ClN3O2S/c1-15-8-11-21(16(2)12-15)30-23(31)14-22(25(30)32)33-26-28-20-10-9-18(27)13-19(20)24(29-26)17-6-4-3-5-7-17/h3-13,22H,14H2,1-2H3/t22-/m1/s1. The van der Waals surface area contributed by atoms with Gasteiger partial charge in [0.25, 0.3) is 0 Å². The molecule has 1 aliphatic heterocycles. The van der Waals surface area contributed by atoms with Gasteiger partial charge in [-0.05, 0) is 43.7 Å². The first-order chi connectivity index (χ1) is 15.9. The van der Waals surface area contributed by atoms with Crippen molar-refractivity contribution in [1.82, 2.24) is 9.97 Å². The average Bonchev–Trinajstić information content (AvgIpc) is 3.07. The van der Waals surface area contributed by atoms with Crippen LogP contribution in [0.1, 0.15) is 17.5 Å². The smallest absolute Gasteiger partial charge is 0.247 e. The van der Waals surface area contributed by atoms with E-state index in [4.69, 9.17) is 16.6 Å². The molecule has 0 spiro atoms. The molecule has 0 saturated carbocycles. The minimum atomic E-state index is -0.577. The summed E-state index contributed by atoms with van der Waals surface area (Å²) in [6, 6.07) is 21.0. The SMILES string of the molecule is Cc1ccc(N2C(=O)C[C@@H](Sc3nc(-c4ccccc4)c4cc(Cl)ccc4n3)C2=O)c(C)c1. The van der Waals surface area contributed by atoms with Gasteiger partial charge in [0, 0.05) is 22.4 Å². The Morgan fingerprint density at radius 2 is 1.76 bits per heavy atom. The van der Waals surface area contributed by atoms with Crippen molar-refractivity contribution in [3.05, 3.63) is 82.9 Å². The van der Waals surface area contributed by atoms with Gasteiger partial charge in [-0.25, -0.2) is 14.9 Å². The van der Waals surface area contributed by atoms with Gasteiger partial charge < -0.3 is 0 Å². The average molecular weight is 474 g/mol. The highest BCUT2D eigenvalue weighted by Gasteiger charge is 2.41. The predicted octanol–water partition coefficient (Wildman–Crippen LogP) is 5.99. The van der Waals surface area contributed by atoms with Crippen LogP contribution >= 0.6 is 23.4 Å². The molecule has 0 N–H and O–H groups in total. The van der Waals surface area contributed by atoms with Gasteiger partial charge in [0.05, 0.1) is 16.9 Å². The van der Waals surface area contributed by atoms with Crippen molar-refractivity contribution in [2.75, 3.05) is 4.90 Å². The van der Waals surface area contributed by atoms with E-state index in [1.54, 1.807) is 6.07 Å². The molecule has 4 aromatic rings. The van der Waals surface area contributed by atoms with Crippen LogP contribution in [0.25, 0.3) is 22.2 Å². The number of anilines is 1. The summed E-state index contributed by atoms with van der Waals surface area (Å²) in [7, 11) is 0. The Bertz CT molecular complexity index is 1410. The number of carbonyl (C=O) groups excluding carboxylic acids is 2. The fourth-order valence-corrected chi connectivity index (χ4v) is 5.23. The Hall–Kier alpha value is -3.22.